The molecule has 0 bridgehead atoms. The van der Waals surface area contributed by atoms with Gasteiger partial charge in [-0.15, -0.1) is 12.4 Å². The molecule has 0 radical (unpaired) electrons. The summed E-state index contributed by atoms with van der Waals surface area (Å²) < 4.78 is 1.04. The van der Waals surface area contributed by atoms with Gasteiger partial charge in [0.05, 0.1) is 0 Å². The molecule has 22 heavy (non-hydrogen) atoms. The first-order valence-corrected chi connectivity index (χ1v) is 7.76. The molecule has 0 aliphatic carbocycles. The summed E-state index contributed by atoms with van der Waals surface area (Å²) in [5, 5.41) is 2.18. The van der Waals surface area contributed by atoms with Crippen LogP contribution in [0.4, 0.5) is 0 Å². The first-order chi connectivity index (χ1) is 9.82. The molecule has 0 heterocycles. The van der Waals surface area contributed by atoms with Gasteiger partial charge in [0.1, 0.15) is 0 Å². The number of nitrogens with zero attached hydrogens (tertiary/aromatic N) is 1. The highest BCUT2D eigenvalue weighted by molar-refractivity contribution is 9.10. The van der Waals surface area contributed by atoms with Crippen molar-refractivity contribution >= 4 is 45.0 Å². The number of amides is 1. The van der Waals surface area contributed by atoms with Crippen LogP contribution < -0.4 is 5.73 Å². The van der Waals surface area contributed by atoms with Crippen molar-refractivity contribution in [2.45, 2.75) is 13.8 Å². The Labute approximate surface area is 146 Å². The molecule has 0 saturated heterocycles. The van der Waals surface area contributed by atoms with Gasteiger partial charge in [0.25, 0.3) is 5.91 Å². The SMILES string of the molecule is CN(CC(C)(C)CN)C(=O)c1ccc2cc(Br)ccc2c1.Cl. The van der Waals surface area contributed by atoms with Crippen molar-refractivity contribution in [2.75, 3.05) is 20.1 Å². The highest BCUT2D eigenvalue weighted by Crippen LogP contribution is 2.22. The first kappa shape index (κ1) is 18.9. The first-order valence-electron chi connectivity index (χ1n) is 6.97. The quantitative estimate of drug-likeness (QED) is 0.862. The maximum Gasteiger partial charge on any atom is 0.253 e. The highest BCUT2D eigenvalue weighted by Gasteiger charge is 2.22. The molecule has 0 spiro atoms. The van der Waals surface area contributed by atoms with Gasteiger partial charge in [-0.1, -0.05) is 41.9 Å². The van der Waals surface area contributed by atoms with Crippen LogP contribution in [-0.2, 0) is 0 Å². The predicted octanol–water partition coefficient (Wildman–Crippen LogP) is 4.08. The number of benzene rings is 2. The van der Waals surface area contributed by atoms with Crippen LogP contribution in [0.5, 0.6) is 0 Å². The minimum Gasteiger partial charge on any atom is -0.341 e. The van der Waals surface area contributed by atoms with Crippen LogP contribution in [0.3, 0.4) is 0 Å². The molecule has 2 aromatic carbocycles. The summed E-state index contributed by atoms with van der Waals surface area (Å²) >= 11 is 3.46. The number of halogens is 2. The standard InChI is InChI=1S/C17H21BrN2O.ClH/c1-17(2,10-19)11-20(3)16(21)14-5-4-13-9-15(18)7-6-12(13)8-14;/h4-9H,10-11,19H2,1-3H3;1H. The van der Waals surface area contributed by atoms with Gasteiger partial charge in [0.2, 0.25) is 0 Å². The number of carbonyl (C=O) groups excluding carboxylic acids is 1. The highest BCUT2D eigenvalue weighted by atomic mass is 79.9. The van der Waals surface area contributed by atoms with Crippen LogP contribution in [0.25, 0.3) is 10.8 Å². The van der Waals surface area contributed by atoms with Crippen LogP contribution in [0.1, 0.15) is 24.2 Å². The molecule has 0 aliphatic rings. The van der Waals surface area contributed by atoms with Crippen molar-refractivity contribution in [3.63, 3.8) is 0 Å². The van der Waals surface area contributed by atoms with E-state index in [-0.39, 0.29) is 23.7 Å². The number of hydrogen-bond acceptors (Lipinski definition) is 2. The lowest BCUT2D eigenvalue weighted by Gasteiger charge is -2.29. The zero-order valence-electron chi connectivity index (χ0n) is 13.1. The lowest BCUT2D eigenvalue weighted by atomic mass is 9.93. The fourth-order valence-electron chi connectivity index (χ4n) is 2.35. The molecule has 0 fully saturated rings. The van der Waals surface area contributed by atoms with Gasteiger partial charge in [-0.05, 0) is 47.0 Å². The Balaban J connectivity index is 0.00000242. The fraction of sp³-hybridized carbons (Fsp3) is 0.353. The summed E-state index contributed by atoms with van der Waals surface area (Å²) in [6, 6.07) is 11.8. The molecular weight excluding hydrogens is 364 g/mol. The average Bonchev–Trinajstić information content (AvgIpc) is 2.45. The van der Waals surface area contributed by atoms with Crippen molar-refractivity contribution in [3.05, 3.63) is 46.4 Å². The molecule has 0 atom stereocenters. The summed E-state index contributed by atoms with van der Waals surface area (Å²) in [5.41, 5.74) is 6.37. The summed E-state index contributed by atoms with van der Waals surface area (Å²) in [7, 11) is 1.82. The van der Waals surface area contributed by atoms with Crippen LogP contribution >= 0.6 is 28.3 Å². The maximum atomic E-state index is 12.5. The molecular formula is C17H22BrClN2O. The summed E-state index contributed by atoms with van der Waals surface area (Å²) in [4.78, 5) is 14.3. The second kappa shape index (κ2) is 7.44. The van der Waals surface area contributed by atoms with Gasteiger partial charge in [0.15, 0.2) is 0 Å². The average molecular weight is 386 g/mol. The zero-order chi connectivity index (χ0) is 15.6. The Bertz CT molecular complexity index is 673. The van der Waals surface area contributed by atoms with Crippen LogP contribution in [0.15, 0.2) is 40.9 Å². The Kier molecular flexibility index (Phi) is 6.41. The van der Waals surface area contributed by atoms with E-state index >= 15 is 0 Å². The smallest absolute Gasteiger partial charge is 0.253 e. The van der Waals surface area contributed by atoms with E-state index in [0.717, 1.165) is 15.2 Å². The molecule has 1 amide bonds. The lowest BCUT2D eigenvalue weighted by molar-refractivity contribution is 0.0740. The molecule has 2 N–H and O–H groups in total. The number of fused-ring (bicyclic) bond motifs is 1. The second-order valence-electron chi connectivity index (χ2n) is 6.24. The predicted molar refractivity (Wildman–Crippen MR) is 98.7 cm³/mol. The minimum atomic E-state index is -0.0773. The molecule has 2 aromatic rings. The van der Waals surface area contributed by atoms with Gasteiger partial charge >= 0.3 is 0 Å². The van der Waals surface area contributed by atoms with E-state index in [4.69, 9.17) is 5.73 Å². The monoisotopic (exact) mass is 384 g/mol. The third-order valence-electron chi connectivity index (χ3n) is 3.61. The van der Waals surface area contributed by atoms with E-state index in [9.17, 15) is 4.79 Å². The molecule has 0 unspecified atom stereocenters. The number of carbonyl (C=O) groups is 1. The fourth-order valence-corrected chi connectivity index (χ4v) is 2.73. The third kappa shape index (κ3) is 4.45. The summed E-state index contributed by atoms with van der Waals surface area (Å²) in [6.07, 6.45) is 0. The van der Waals surface area contributed by atoms with E-state index in [1.54, 1.807) is 4.90 Å². The third-order valence-corrected chi connectivity index (χ3v) is 4.11. The number of rotatable bonds is 4. The Morgan fingerprint density at radius 2 is 1.77 bits per heavy atom. The van der Waals surface area contributed by atoms with Crippen molar-refractivity contribution in [1.29, 1.82) is 0 Å². The van der Waals surface area contributed by atoms with E-state index in [1.165, 1.54) is 0 Å². The molecule has 5 heteroatoms. The molecule has 120 valence electrons. The number of nitrogens with two attached hydrogens (primary N) is 1. The van der Waals surface area contributed by atoms with Gasteiger partial charge in [-0.25, -0.2) is 0 Å². The van der Waals surface area contributed by atoms with E-state index < -0.39 is 0 Å². The van der Waals surface area contributed by atoms with Crippen LogP contribution in [0, 0.1) is 5.41 Å². The summed E-state index contributed by atoms with van der Waals surface area (Å²) in [5.74, 6) is 0.0290. The van der Waals surface area contributed by atoms with E-state index in [1.807, 2.05) is 43.4 Å². The van der Waals surface area contributed by atoms with Gasteiger partial charge in [-0.2, -0.15) is 0 Å². The number of hydrogen-bond donors (Lipinski definition) is 1. The van der Waals surface area contributed by atoms with Crippen molar-refractivity contribution in [3.8, 4) is 0 Å². The molecule has 0 aromatic heterocycles. The Hall–Kier alpha value is -1.10. The van der Waals surface area contributed by atoms with Gasteiger partial charge in [0, 0.05) is 23.6 Å². The van der Waals surface area contributed by atoms with Crippen molar-refractivity contribution in [1.82, 2.24) is 4.90 Å². The van der Waals surface area contributed by atoms with Crippen LogP contribution in [-0.4, -0.2) is 30.9 Å². The van der Waals surface area contributed by atoms with Crippen molar-refractivity contribution < 1.29 is 4.79 Å². The van der Waals surface area contributed by atoms with Gasteiger partial charge < -0.3 is 10.6 Å². The van der Waals surface area contributed by atoms with E-state index in [2.05, 4.69) is 29.8 Å². The molecule has 0 saturated carbocycles. The Morgan fingerprint density at radius 1 is 1.18 bits per heavy atom. The largest absolute Gasteiger partial charge is 0.341 e. The van der Waals surface area contributed by atoms with Crippen LogP contribution in [0.2, 0.25) is 0 Å². The lowest BCUT2D eigenvalue weighted by Crippen LogP contribution is -2.39. The maximum absolute atomic E-state index is 12.5. The topological polar surface area (TPSA) is 46.3 Å². The molecule has 2 rings (SSSR count). The molecule has 3 nitrogen and oxygen atoms in total. The van der Waals surface area contributed by atoms with E-state index in [0.29, 0.717) is 18.7 Å². The second-order valence-corrected chi connectivity index (χ2v) is 7.15. The normalized spacial score (nSPS) is 11.1. The van der Waals surface area contributed by atoms with Crippen molar-refractivity contribution in [2.24, 2.45) is 11.1 Å². The zero-order valence-corrected chi connectivity index (χ0v) is 15.5. The Morgan fingerprint density at radius 3 is 2.41 bits per heavy atom. The van der Waals surface area contributed by atoms with Gasteiger partial charge in [-0.3, -0.25) is 4.79 Å². The minimum absolute atomic E-state index is 0. The molecule has 0 aliphatic heterocycles. The summed E-state index contributed by atoms with van der Waals surface area (Å²) in [6.45, 7) is 5.32.